The van der Waals surface area contributed by atoms with Crippen LogP contribution in [-0.4, -0.2) is 38.3 Å². The molecular formula is C22H8F4O9. The second-order valence-corrected chi connectivity index (χ2v) is 7.11. The molecule has 9 nitrogen and oxygen atoms in total. The van der Waals surface area contributed by atoms with E-state index in [4.69, 9.17) is 4.42 Å². The molecule has 4 rings (SSSR count). The summed E-state index contributed by atoms with van der Waals surface area (Å²) in [6.07, 6.45) is 0. The van der Waals surface area contributed by atoms with Crippen LogP contribution in [0.4, 0.5) is 17.6 Å². The van der Waals surface area contributed by atoms with Crippen molar-refractivity contribution >= 4 is 28.9 Å². The molecule has 2 aromatic rings. The van der Waals surface area contributed by atoms with Crippen LogP contribution in [0.2, 0.25) is 0 Å². The lowest BCUT2D eigenvalue weighted by Crippen LogP contribution is -2.16. The predicted octanol–water partition coefficient (Wildman–Crippen LogP) is 3.92. The van der Waals surface area contributed by atoms with Gasteiger partial charge in [0.1, 0.15) is 33.8 Å². The fourth-order valence-corrected chi connectivity index (χ4v) is 3.63. The minimum Gasteiger partial charge on any atom is -0.507 e. The predicted molar refractivity (Wildman–Crippen MR) is 107 cm³/mol. The second kappa shape index (κ2) is 7.83. The van der Waals surface area contributed by atoms with E-state index in [2.05, 4.69) is 0 Å². The number of carboxylic acid groups (broad SMARTS) is 3. The maximum atomic E-state index is 15.1. The van der Waals surface area contributed by atoms with Crippen molar-refractivity contribution in [2.45, 2.75) is 0 Å². The molecule has 4 N–H and O–H groups in total. The van der Waals surface area contributed by atoms with Gasteiger partial charge >= 0.3 is 17.9 Å². The highest BCUT2D eigenvalue weighted by molar-refractivity contribution is 6.10. The van der Waals surface area contributed by atoms with E-state index >= 15 is 4.39 Å². The number of rotatable bonds is 4. The summed E-state index contributed by atoms with van der Waals surface area (Å²) in [5.74, 6) is -16.6. The molecule has 1 heterocycles. The first kappa shape index (κ1) is 23.2. The van der Waals surface area contributed by atoms with E-state index < -0.39 is 102 Å². The third kappa shape index (κ3) is 3.40. The van der Waals surface area contributed by atoms with Gasteiger partial charge in [0.25, 0.3) is 0 Å². The Kier molecular flexibility index (Phi) is 5.20. The number of halogens is 4. The number of fused-ring (bicyclic) bond motifs is 2. The largest absolute Gasteiger partial charge is 0.507 e. The highest BCUT2D eigenvalue weighted by Crippen LogP contribution is 2.45. The Labute approximate surface area is 189 Å². The Balaban J connectivity index is 2.39. The number of aromatic carboxylic acids is 3. The Morgan fingerprint density at radius 2 is 1.31 bits per heavy atom. The fraction of sp³-hybridized carbons (Fsp3) is 0. The molecule has 0 fully saturated rings. The van der Waals surface area contributed by atoms with Crippen LogP contribution in [0.1, 0.15) is 31.1 Å². The zero-order chi connectivity index (χ0) is 25.9. The minimum absolute atomic E-state index is 0.515. The van der Waals surface area contributed by atoms with Gasteiger partial charge in [-0.3, -0.25) is 4.79 Å². The summed E-state index contributed by atoms with van der Waals surface area (Å²) in [5, 5.41) is 37.5. The summed E-state index contributed by atoms with van der Waals surface area (Å²) in [5.41, 5.74) is -7.96. The maximum Gasteiger partial charge on any atom is 0.339 e. The van der Waals surface area contributed by atoms with E-state index in [1.165, 1.54) is 0 Å². The molecule has 0 amide bonds. The molecule has 0 spiro atoms. The number of carboxylic acids is 3. The van der Waals surface area contributed by atoms with E-state index in [9.17, 15) is 52.8 Å². The molecule has 2 aromatic carbocycles. The molecule has 0 saturated heterocycles. The van der Waals surface area contributed by atoms with Crippen LogP contribution in [0.5, 0.6) is 5.75 Å². The molecule has 2 aliphatic rings. The molecule has 35 heavy (non-hydrogen) atoms. The molecule has 0 bridgehead atoms. The summed E-state index contributed by atoms with van der Waals surface area (Å²) >= 11 is 0. The van der Waals surface area contributed by atoms with Crippen LogP contribution in [0.3, 0.4) is 0 Å². The number of hydrogen-bond acceptors (Lipinski definition) is 6. The molecule has 1 aliphatic heterocycles. The van der Waals surface area contributed by atoms with Crippen molar-refractivity contribution in [3.63, 3.8) is 0 Å². The Hall–Kier alpha value is -4.94. The Morgan fingerprint density at radius 3 is 1.89 bits per heavy atom. The summed E-state index contributed by atoms with van der Waals surface area (Å²) in [4.78, 5) is 46.9. The van der Waals surface area contributed by atoms with E-state index in [0.29, 0.717) is 24.3 Å². The normalized spacial score (nSPS) is 11.2. The van der Waals surface area contributed by atoms with Gasteiger partial charge in [0.05, 0.1) is 0 Å². The van der Waals surface area contributed by atoms with E-state index in [1.807, 2.05) is 0 Å². The third-order valence-electron chi connectivity index (χ3n) is 5.13. The van der Waals surface area contributed by atoms with Gasteiger partial charge in [0, 0.05) is 34.2 Å². The second-order valence-electron chi connectivity index (χ2n) is 7.11. The van der Waals surface area contributed by atoms with Crippen LogP contribution in [-0.2, 0) is 0 Å². The summed E-state index contributed by atoms with van der Waals surface area (Å²) in [7, 11) is 0. The van der Waals surface area contributed by atoms with Gasteiger partial charge in [-0.15, -0.1) is 0 Å². The fourth-order valence-electron chi connectivity index (χ4n) is 3.63. The van der Waals surface area contributed by atoms with Crippen LogP contribution in [0, 0.1) is 23.3 Å². The smallest absolute Gasteiger partial charge is 0.339 e. The number of aromatic hydroxyl groups is 1. The lowest BCUT2D eigenvalue weighted by atomic mass is 9.88. The summed E-state index contributed by atoms with van der Waals surface area (Å²) in [6, 6.07) is 2.52. The molecule has 0 radical (unpaired) electrons. The number of hydrogen-bond donors (Lipinski definition) is 4. The van der Waals surface area contributed by atoms with Crippen LogP contribution < -0.4 is 5.43 Å². The van der Waals surface area contributed by atoms with E-state index in [1.54, 1.807) is 0 Å². The Morgan fingerprint density at radius 1 is 0.714 bits per heavy atom. The molecule has 0 unspecified atom stereocenters. The maximum absolute atomic E-state index is 15.1. The topological polar surface area (TPSA) is 162 Å². The molecule has 0 atom stereocenters. The van der Waals surface area contributed by atoms with Crippen molar-refractivity contribution in [3.8, 4) is 28.2 Å². The van der Waals surface area contributed by atoms with E-state index in [0.717, 1.165) is 0 Å². The van der Waals surface area contributed by atoms with Crippen LogP contribution >= 0.6 is 0 Å². The van der Waals surface area contributed by atoms with E-state index in [-0.39, 0.29) is 0 Å². The van der Waals surface area contributed by atoms with Gasteiger partial charge < -0.3 is 24.8 Å². The molecule has 0 saturated carbocycles. The van der Waals surface area contributed by atoms with Crippen molar-refractivity contribution in [2.24, 2.45) is 0 Å². The van der Waals surface area contributed by atoms with Crippen LogP contribution in [0.25, 0.3) is 33.4 Å². The highest BCUT2D eigenvalue weighted by Gasteiger charge is 2.34. The third-order valence-corrected chi connectivity index (χ3v) is 5.13. The lowest BCUT2D eigenvalue weighted by Gasteiger charge is -2.19. The average Bonchev–Trinajstić information content (AvgIpc) is 2.77. The van der Waals surface area contributed by atoms with Crippen LogP contribution in [0.15, 0.2) is 33.5 Å². The van der Waals surface area contributed by atoms with Gasteiger partial charge in [-0.1, -0.05) is 0 Å². The SMILES string of the molecule is O=C(O)c1cc2c(-c3c(F)c(F)c(F)c(F)c3C(=O)O)c3cc(C(=O)O)c(=O)cc-3oc2cc1O. The van der Waals surface area contributed by atoms with Crippen molar-refractivity contribution in [2.75, 3.05) is 0 Å². The van der Waals surface area contributed by atoms with Gasteiger partial charge in [-0.25, -0.2) is 31.9 Å². The summed E-state index contributed by atoms with van der Waals surface area (Å²) < 4.78 is 63.1. The first-order valence-corrected chi connectivity index (χ1v) is 9.18. The van der Waals surface area contributed by atoms with Gasteiger partial charge in [0.15, 0.2) is 28.7 Å². The number of carbonyl (C=O) groups is 3. The lowest BCUT2D eigenvalue weighted by molar-refractivity contribution is 0.0680. The average molecular weight is 492 g/mol. The van der Waals surface area contributed by atoms with Crippen molar-refractivity contribution < 1.29 is 56.8 Å². The standard InChI is InChI=1S/C22H8F4O9/c23-16-14(15(22(33)34)17(24)19(26)18(16)25)13-7-1-5(20(29)30)9(27)3-11(7)35-12-4-10(28)6(21(31)32)2-8(12)13/h1-4,27H,(H,29,30)(H,31,32)(H,33,34). The summed E-state index contributed by atoms with van der Waals surface area (Å²) in [6.45, 7) is 0. The molecule has 13 heteroatoms. The van der Waals surface area contributed by atoms with Crippen molar-refractivity contribution in [1.29, 1.82) is 0 Å². The molecule has 1 aliphatic carbocycles. The molecular weight excluding hydrogens is 484 g/mol. The first-order valence-electron chi connectivity index (χ1n) is 9.18. The quantitative estimate of drug-likeness (QED) is 0.143. The molecule has 178 valence electrons. The van der Waals surface area contributed by atoms with Gasteiger partial charge in [0.2, 0.25) is 0 Å². The highest BCUT2D eigenvalue weighted by atomic mass is 19.2. The zero-order valence-electron chi connectivity index (χ0n) is 16.7. The first-order chi connectivity index (χ1) is 16.3. The van der Waals surface area contributed by atoms with Gasteiger partial charge in [-0.05, 0) is 12.1 Å². The minimum atomic E-state index is -2.45. The zero-order valence-corrected chi connectivity index (χ0v) is 16.7. The van der Waals surface area contributed by atoms with Gasteiger partial charge in [-0.2, -0.15) is 0 Å². The Bertz CT molecular complexity index is 1660. The van der Waals surface area contributed by atoms with Crippen molar-refractivity contribution in [1.82, 2.24) is 0 Å². The number of phenols is 1. The monoisotopic (exact) mass is 492 g/mol. The van der Waals surface area contributed by atoms with Crippen molar-refractivity contribution in [3.05, 3.63) is 74.4 Å². The number of benzene rings is 3. The molecule has 0 aromatic heterocycles.